The van der Waals surface area contributed by atoms with Gasteiger partial charge in [0, 0.05) is 12.1 Å². The van der Waals surface area contributed by atoms with Crippen LogP contribution in [0, 0.1) is 13.8 Å². The third-order valence-corrected chi connectivity index (χ3v) is 5.47. The topological polar surface area (TPSA) is 84.5 Å². The molecular formula is C21H26N2O4S. The van der Waals surface area contributed by atoms with Crippen molar-refractivity contribution in [3.05, 3.63) is 51.4 Å². The van der Waals surface area contributed by atoms with E-state index in [4.69, 9.17) is 4.74 Å². The quantitative estimate of drug-likeness (QED) is 0.509. The van der Waals surface area contributed by atoms with Gasteiger partial charge in [-0.3, -0.25) is 9.59 Å². The number of benzene rings is 1. The molecule has 2 N–H and O–H groups in total. The van der Waals surface area contributed by atoms with Crippen LogP contribution in [0.4, 0.5) is 5.00 Å². The zero-order chi connectivity index (χ0) is 20.7. The monoisotopic (exact) mass is 402 g/mol. The molecule has 1 aromatic carbocycles. The van der Waals surface area contributed by atoms with Crippen molar-refractivity contribution in [3.63, 3.8) is 0 Å². The molecule has 0 saturated carbocycles. The van der Waals surface area contributed by atoms with Crippen molar-refractivity contribution in [2.75, 3.05) is 18.5 Å². The van der Waals surface area contributed by atoms with Crippen LogP contribution in [0.2, 0.25) is 0 Å². The van der Waals surface area contributed by atoms with Crippen molar-refractivity contribution >= 4 is 34.1 Å². The van der Waals surface area contributed by atoms with Gasteiger partial charge in [0.1, 0.15) is 5.00 Å². The number of hydrogen-bond acceptors (Lipinski definition) is 5. The third-order valence-electron chi connectivity index (χ3n) is 4.27. The molecule has 28 heavy (non-hydrogen) atoms. The Bertz CT molecular complexity index is 873. The summed E-state index contributed by atoms with van der Waals surface area (Å²) in [5, 5.41) is 5.97. The lowest BCUT2D eigenvalue weighted by molar-refractivity contribution is 0.0527. The van der Waals surface area contributed by atoms with Crippen molar-refractivity contribution in [1.29, 1.82) is 0 Å². The van der Waals surface area contributed by atoms with Crippen LogP contribution in [0.25, 0.3) is 0 Å². The predicted molar refractivity (Wildman–Crippen MR) is 111 cm³/mol. The van der Waals surface area contributed by atoms with Gasteiger partial charge in [-0.05, 0) is 44.4 Å². The van der Waals surface area contributed by atoms with Crippen molar-refractivity contribution in [2.45, 2.75) is 40.5 Å². The number of amides is 2. The highest BCUT2D eigenvalue weighted by atomic mass is 32.1. The lowest BCUT2D eigenvalue weighted by Crippen LogP contribution is -2.24. The highest BCUT2D eigenvalue weighted by Crippen LogP contribution is 2.34. The molecule has 0 atom stereocenters. The Labute approximate surface area is 169 Å². The number of ether oxygens (including phenoxy) is 1. The van der Waals surface area contributed by atoms with Gasteiger partial charge >= 0.3 is 5.97 Å². The molecule has 1 aromatic heterocycles. The summed E-state index contributed by atoms with van der Waals surface area (Å²) in [6.45, 7) is 8.06. The van der Waals surface area contributed by atoms with Crippen molar-refractivity contribution in [3.8, 4) is 0 Å². The van der Waals surface area contributed by atoms with Crippen molar-refractivity contribution < 1.29 is 19.1 Å². The summed E-state index contributed by atoms with van der Waals surface area (Å²) in [5.74, 6) is -1.13. The second-order valence-electron chi connectivity index (χ2n) is 6.36. The second-order valence-corrected chi connectivity index (χ2v) is 7.38. The summed E-state index contributed by atoms with van der Waals surface area (Å²) in [6, 6.07) is 7.19. The van der Waals surface area contributed by atoms with Gasteiger partial charge in [0.05, 0.1) is 17.0 Å². The fourth-order valence-electron chi connectivity index (χ4n) is 2.72. The number of nitrogens with one attached hydrogen (secondary N) is 2. The highest BCUT2D eigenvalue weighted by molar-refractivity contribution is 7.18. The molecule has 0 bridgehead atoms. The van der Waals surface area contributed by atoms with Gasteiger partial charge in [-0.15, -0.1) is 11.3 Å². The first-order valence-corrected chi connectivity index (χ1v) is 10.2. The van der Waals surface area contributed by atoms with E-state index < -0.39 is 5.97 Å². The third kappa shape index (κ3) is 4.98. The van der Waals surface area contributed by atoms with E-state index in [-0.39, 0.29) is 24.0 Å². The molecule has 2 rings (SSSR count). The average Bonchev–Trinajstić information content (AvgIpc) is 2.98. The summed E-state index contributed by atoms with van der Waals surface area (Å²) in [5.41, 5.74) is 2.08. The number of aryl methyl sites for hydroxylation is 1. The molecular weight excluding hydrogens is 376 g/mol. The van der Waals surface area contributed by atoms with Crippen LogP contribution in [-0.4, -0.2) is 30.9 Å². The molecule has 0 spiro atoms. The van der Waals surface area contributed by atoms with Crippen LogP contribution >= 0.6 is 11.3 Å². The predicted octanol–water partition coefficient (Wildman–Crippen LogP) is 4.32. The standard InChI is InChI=1S/C21H26N2O4S/c1-5-7-12-22-19(25)17-14(4)16(21(26)27-6-2)20(28-17)23-18(24)15-11-9-8-10-13(15)3/h8-11H,5-7,12H2,1-4H3,(H,22,25)(H,23,24). The maximum atomic E-state index is 12.7. The molecule has 0 aliphatic carbocycles. The molecule has 0 aliphatic rings. The Morgan fingerprint density at radius 3 is 2.43 bits per heavy atom. The van der Waals surface area contributed by atoms with Crippen LogP contribution in [0.1, 0.15) is 68.2 Å². The largest absolute Gasteiger partial charge is 0.462 e. The number of carbonyl (C=O) groups excluding carboxylic acids is 3. The van der Waals surface area contributed by atoms with E-state index in [1.165, 1.54) is 0 Å². The number of carbonyl (C=O) groups is 3. The fourth-order valence-corrected chi connectivity index (χ4v) is 3.83. The van der Waals surface area contributed by atoms with Gasteiger partial charge in [0.25, 0.3) is 11.8 Å². The number of esters is 1. The number of unbranched alkanes of at least 4 members (excludes halogenated alkanes) is 1. The van der Waals surface area contributed by atoms with E-state index in [0.29, 0.717) is 27.5 Å². The molecule has 2 amide bonds. The molecule has 0 saturated heterocycles. The second kappa shape index (κ2) is 10.0. The Kier molecular flexibility index (Phi) is 7.75. The maximum absolute atomic E-state index is 12.7. The molecule has 7 heteroatoms. The Hall–Kier alpha value is -2.67. The van der Waals surface area contributed by atoms with Crippen LogP contribution < -0.4 is 10.6 Å². The number of hydrogen-bond donors (Lipinski definition) is 2. The number of thiophene rings is 1. The summed E-state index contributed by atoms with van der Waals surface area (Å²) in [6.07, 6.45) is 1.84. The lowest BCUT2D eigenvalue weighted by Gasteiger charge is -2.08. The minimum atomic E-state index is -0.552. The first-order chi connectivity index (χ1) is 13.4. The normalized spacial score (nSPS) is 10.4. The van der Waals surface area contributed by atoms with Crippen LogP contribution in [0.15, 0.2) is 24.3 Å². The molecule has 0 aliphatic heterocycles. The van der Waals surface area contributed by atoms with Crippen molar-refractivity contribution in [1.82, 2.24) is 5.32 Å². The Morgan fingerprint density at radius 1 is 1.07 bits per heavy atom. The molecule has 1 heterocycles. The summed E-state index contributed by atoms with van der Waals surface area (Å²) < 4.78 is 5.14. The molecule has 150 valence electrons. The molecule has 6 nitrogen and oxygen atoms in total. The van der Waals surface area contributed by atoms with E-state index in [1.807, 2.05) is 26.0 Å². The van der Waals surface area contributed by atoms with E-state index in [9.17, 15) is 14.4 Å². The smallest absolute Gasteiger partial charge is 0.341 e. The maximum Gasteiger partial charge on any atom is 0.341 e. The van der Waals surface area contributed by atoms with Crippen LogP contribution in [0.3, 0.4) is 0 Å². The minimum absolute atomic E-state index is 0.206. The first-order valence-electron chi connectivity index (χ1n) is 9.36. The molecule has 2 aromatic rings. The lowest BCUT2D eigenvalue weighted by atomic mass is 10.1. The first kappa shape index (κ1) is 21.6. The van der Waals surface area contributed by atoms with Crippen LogP contribution in [0.5, 0.6) is 0 Å². The van der Waals surface area contributed by atoms with E-state index in [1.54, 1.807) is 26.0 Å². The van der Waals surface area contributed by atoms with Crippen molar-refractivity contribution in [2.24, 2.45) is 0 Å². The summed E-state index contributed by atoms with van der Waals surface area (Å²) in [7, 11) is 0. The van der Waals surface area contributed by atoms with E-state index in [0.717, 1.165) is 29.7 Å². The Morgan fingerprint density at radius 2 is 1.79 bits per heavy atom. The van der Waals surface area contributed by atoms with Gasteiger partial charge in [-0.1, -0.05) is 31.5 Å². The summed E-state index contributed by atoms with van der Waals surface area (Å²) >= 11 is 1.09. The SMILES string of the molecule is CCCCNC(=O)c1sc(NC(=O)c2ccccc2C)c(C(=O)OCC)c1C. The molecule has 0 fully saturated rings. The molecule has 0 radical (unpaired) electrons. The minimum Gasteiger partial charge on any atom is -0.462 e. The molecule has 0 unspecified atom stereocenters. The fraction of sp³-hybridized carbons (Fsp3) is 0.381. The summed E-state index contributed by atoms with van der Waals surface area (Å²) in [4.78, 5) is 38.1. The Balaban J connectivity index is 2.37. The number of anilines is 1. The van der Waals surface area contributed by atoms with E-state index >= 15 is 0 Å². The van der Waals surface area contributed by atoms with Gasteiger partial charge < -0.3 is 15.4 Å². The number of rotatable bonds is 8. The van der Waals surface area contributed by atoms with Gasteiger partial charge in [-0.2, -0.15) is 0 Å². The van der Waals surface area contributed by atoms with Gasteiger partial charge in [-0.25, -0.2) is 4.79 Å². The van der Waals surface area contributed by atoms with Gasteiger partial charge in [0.15, 0.2) is 0 Å². The van der Waals surface area contributed by atoms with Gasteiger partial charge in [0.2, 0.25) is 0 Å². The van der Waals surface area contributed by atoms with Crippen LogP contribution in [-0.2, 0) is 4.74 Å². The zero-order valence-electron chi connectivity index (χ0n) is 16.7. The van der Waals surface area contributed by atoms with E-state index in [2.05, 4.69) is 10.6 Å². The zero-order valence-corrected chi connectivity index (χ0v) is 17.5. The average molecular weight is 403 g/mol. The highest BCUT2D eigenvalue weighted by Gasteiger charge is 2.27.